The van der Waals surface area contributed by atoms with Crippen molar-refractivity contribution in [2.24, 2.45) is 0 Å². The Bertz CT molecular complexity index is 1070. The molecule has 31 heavy (non-hydrogen) atoms. The molecule has 162 valence electrons. The molecule has 2 N–H and O–H groups in total. The second-order valence-electron chi connectivity index (χ2n) is 7.70. The van der Waals surface area contributed by atoms with Crippen LogP contribution in [0.25, 0.3) is 5.76 Å². The van der Waals surface area contributed by atoms with E-state index in [1.54, 1.807) is 30.3 Å². The highest BCUT2D eigenvalue weighted by atomic mass is 16.5. The first kappa shape index (κ1) is 20.8. The van der Waals surface area contributed by atoms with Gasteiger partial charge in [-0.05, 0) is 47.9 Å². The molecule has 4 rings (SSSR count). The average molecular weight is 423 g/mol. The number of carbonyl (C=O) groups excluding carboxylic acids is 2. The minimum absolute atomic E-state index is 0.0181. The lowest BCUT2D eigenvalue weighted by Crippen LogP contribution is -2.30. The van der Waals surface area contributed by atoms with Gasteiger partial charge in [-0.25, -0.2) is 0 Å². The minimum Gasteiger partial charge on any atom is -0.507 e. The van der Waals surface area contributed by atoms with Crippen LogP contribution in [0.5, 0.6) is 17.2 Å². The molecule has 0 saturated carbocycles. The molecule has 0 radical (unpaired) electrons. The van der Waals surface area contributed by atoms with Crippen molar-refractivity contribution < 1.29 is 29.3 Å². The molecular formula is C24H25NO6. The van der Waals surface area contributed by atoms with Crippen LogP contribution in [0, 0.1) is 0 Å². The van der Waals surface area contributed by atoms with Crippen LogP contribution >= 0.6 is 0 Å². The average Bonchev–Trinajstić information content (AvgIpc) is 3.34. The van der Waals surface area contributed by atoms with Crippen LogP contribution < -0.4 is 9.47 Å². The Morgan fingerprint density at radius 2 is 2.03 bits per heavy atom. The fourth-order valence-corrected chi connectivity index (χ4v) is 4.15. The number of unbranched alkanes of at least 4 members (excludes halogenated alkanes) is 1. The smallest absolute Gasteiger partial charge is 0.295 e. The van der Waals surface area contributed by atoms with Gasteiger partial charge in [0.1, 0.15) is 11.5 Å². The van der Waals surface area contributed by atoms with Gasteiger partial charge in [0.05, 0.1) is 25.3 Å². The number of benzene rings is 2. The topological polar surface area (TPSA) is 96.3 Å². The Labute approximate surface area is 180 Å². The lowest BCUT2D eigenvalue weighted by atomic mass is 9.94. The number of rotatable bonds is 6. The van der Waals surface area contributed by atoms with Gasteiger partial charge in [0.2, 0.25) is 0 Å². The molecule has 1 atom stereocenters. The van der Waals surface area contributed by atoms with Crippen molar-refractivity contribution in [2.45, 2.75) is 32.2 Å². The number of methoxy groups -OCH3 is 1. The number of phenols is 1. The predicted octanol–water partition coefficient (Wildman–Crippen LogP) is 3.56. The van der Waals surface area contributed by atoms with Crippen molar-refractivity contribution in [1.82, 2.24) is 4.90 Å². The van der Waals surface area contributed by atoms with Crippen LogP contribution in [0.3, 0.4) is 0 Å². The van der Waals surface area contributed by atoms with Gasteiger partial charge in [-0.1, -0.05) is 19.4 Å². The molecule has 2 aliphatic heterocycles. The zero-order chi connectivity index (χ0) is 22.1. The van der Waals surface area contributed by atoms with Gasteiger partial charge < -0.3 is 24.6 Å². The number of fused-ring (bicyclic) bond motifs is 1. The fraction of sp³-hybridized carbons (Fsp3) is 0.333. The van der Waals surface area contributed by atoms with Crippen LogP contribution in [0.2, 0.25) is 0 Å². The third kappa shape index (κ3) is 3.60. The summed E-state index contributed by atoms with van der Waals surface area (Å²) in [5.41, 5.74) is 1.95. The van der Waals surface area contributed by atoms with E-state index in [0.29, 0.717) is 30.7 Å². The Balaban J connectivity index is 1.85. The molecule has 2 aromatic rings. The summed E-state index contributed by atoms with van der Waals surface area (Å²) in [6, 6.07) is 9.18. The highest BCUT2D eigenvalue weighted by Gasteiger charge is 2.46. The summed E-state index contributed by atoms with van der Waals surface area (Å²) in [4.78, 5) is 27.3. The Morgan fingerprint density at radius 3 is 2.74 bits per heavy atom. The molecule has 0 aromatic heterocycles. The summed E-state index contributed by atoms with van der Waals surface area (Å²) < 4.78 is 10.6. The van der Waals surface area contributed by atoms with E-state index in [1.165, 1.54) is 18.1 Å². The molecule has 1 amide bonds. The number of hydrogen-bond donors (Lipinski definition) is 2. The summed E-state index contributed by atoms with van der Waals surface area (Å²) in [7, 11) is 1.44. The predicted molar refractivity (Wildman–Crippen MR) is 114 cm³/mol. The van der Waals surface area contributed by atoms with Crippen LogP contribution in [-0.4, -0.2) is 47.1 Å². The highest BCUT2D eigenvalue weighted by molar-refractivity contribution is 6.46. The van der Waals surface area contributed by atoms with E-state index >= 15 is 0 Å². The molecule has 7 nitrogen and oxygen atoms in total. The number of aliphatic hydroxyl groups is 1. The highest BCUT2D eigenvalue weighted by Crippen LogP contribution is 2.42. The van der Waals surface area contributed by atoms with E-state index in [0.717, 1.165) is 24.2 Å². The minimum atomic E-state index is -0.798. The van der Waals surface area contributed by atoms with Gasteiger partial charge in [0.25, 0.3) is 11.7 Å². The molecule has 1 saturated heterocycles. The quantitative estimate of drug-likeness (QED) is 0.419. The number of likely N-dealkylation sites (tertiary alicyclic amines) is 1. The Morgan fingerprint density at radius 1 is 1.23 bits per heavy atom. The third-order valence-corrected chi connectivity index (χ3v) is 5.77. The van der Waals surface area contributed by atoms with Crippen molar-refractivity contribution >= 4 is 17.4 Å². The SMILES string of the molecule is CCCCN1C(=O)C(=O)/C(=C(\O)c2ccc3c(c2)CCO3)C1c1ccc(OC)c(O)c1. The van der Waals surface area contributed by atoms with Crippen molar-refractivity contribution in [3.63, 3.8) is 0 Å². The number of nitrogens with zero attached hydrogens (tertiary/aromatic N) is 1. The molecule has 7 heteroatoms. The summed E-state index contributed by atoms with van der Waals surface area (Å²) in [6.07, 6.45) is 2.27. The maximum atomic E-state index is 13.0. The van der Waals surface area contributed by atoms with Gasteiger partial charge >= 0.3 is 0 Å². The molecule has 0 aliphatic carbocycles. The number of phenolic OH excluding ortho intramolecular Hbond substituents is 1. The molecule has 2 aromatic carbocycles. The van der Waals surface area contributed by atoms with Crippen molar-refractivity contribution in [2.75, 3.05) is 20.3 Å². The van der Waals surface area contributed by atoms with Gasteiger partial charge in [-0.2, -0.15) is 0 Å². The number of ether oxygens (including phenoxy) is 2. The normalized spacial score (nSPS) is 19.4. The fourth-order valence-electron chi connectivity index (χ4n) is 4.15. The Kier molecular flexibility index (Phi) is 5.59. The van der Waals surface area contributed by atoms with E-state index in [-0.39, 0.29) is 22.8 Å². The number of carbonyl (C=O) groups is 2. The zero-order valence-electron chi connectivity index (χ0n) is 17.6. The first-order valence-corrected chi connectivity index (χ1v) is 10.4. The zero-order valence-corrected chi connectivity index (χ0v) is 17.6. The van der Waals surface area contributed by atoms with Crippen molar-refractivity contribution in [1.29, 1.82) is 0 Å². The summed E-state index contributed by atoms with van der Waals surface area (Å²) in [5.74, 6) is -0.668. The molecule has 0 spiro atoms. The maximum Gasteiger partial charge on any atom is 0.295 e. The van der Waals surface area contributed by atoms with Gasteiger partial charge in [-0.15, -0.1) is 0 Å². The largest absolute Gasteiger partial charge is 0.507 e. The van der Waals surface area contributed by atoms with Crippen LogP contribution in [0.1, 0.15) is 42.5 Å². The van der Waals surface area contributed by atoms with E-state index in [1.807, 2.05) is 6.92 Å². The van der Waals surface area contributed by atoms with Crippen molar-refractivity contribution in [3.8, 4) is 17.2 Å². The molecule has 1 fully saturated rings. The first-order chi connectivity index (χ1) is 15.0. The van der Waals surface area contributed by atoms with E-state index in [4.69, 9.17) is 9.47 Å². The number of ketones is 1. The molecule has 2 aliphatic rings. The number of aliphatic hydroxyl groups excluding tert-OH is 1. The third-order valence-electron chi connectivity index (χ3n) is 5.77. The summed E-state index contributed by atoms with van der Waals surface area (Å²) in [6.45, 7) is 2.94. The van der Waals surface area contributed by atoms with Crippen LogP contribution in [0.4, 0.5) is 0 Å². The van der Waals surface area contributed by atoms with E-state index in [9.17, 15) is 19.8 Å². The summed E-state index contributed by atoms with van der Waals surface area (Å²) in [5, 5.41) is 21.4. The number of aromatic hydroxyl groups is 1. The lowest BCUT2D eigenvalue weighted by Gasteiger charge is -2.25. The molecule has 0 bridgehead atoms. The number of amides is 1. The molecule has 2 heterocycles. The van der Waals surface area contributed by atoms with E-state index in [2.05, 4.69) is 0 Å². The Hall–Kier alpha value is -3.48. The van der Waals surface area contributed by atoms with Crippen LogP contribution in [-0.2, 0) is 16.0 Å². The molecule has 1 unspecified atom stereocenters. The van der Waals surface area contributed by atoms with Gasteiger partial charge in [-0.3, -0.25) is 9.59 Å². The number of Topliss-reactive ketones (excluding diaryl/α,β-unsaturated/α-hetero) is 1. The first-order valence-electron chi connectivity index (χ1n) is 10.4. The maximum absolute atomic E-state index is 13.0. The monoisotopic (exact) mass is 423 g/mol. The standard InChI is InChI=1S/C24H25NO6/c1-3-4-10-25-21(15-5-8-19(30-2)17(26)13-15)20(23(28)24(25)29)22(27)16-6-7-18-14(12-16)9-11-31-18/h5-8,12-13,21,26-27H,3-4,9-11H2,1-2H3/b22-20-. The van der Waals surface area contributed by atoms with E-state index < -0.39 is 17.7 Å². The van der Waals surface area contributed by atoms with Gasteiger partial charge in [0, 0.05) is 18.5 Å². The second kappa shape index (κ2) is 8.34. The summed E-state index contributed by atoms with van der Waals surface area (Å²) >= 11 is 0. The lowest BCUT2D eigenvalue weighted by molar-refractivity contribution is -0.139. The van der Waals surface area contributed by atoms with Crippen LogP contribution in [0.15, 0.2) is 42.0 Å². The van der Waals surface area contributed by atoms with Crippen molar-refractivity contribution in [3.05, 3.63) is 58.7 Å². The molecular weight excluding hydrogens is 398 g/mol. The second-order valence-corrected chi connectivity index (χ2v) is 7.70. The van der Waals surface area contributed by atoms with Gasteiger partial charge in [0.15, 0.2) is 11.5 Å². The number of hydrogen-bond acceptors (Lipinski definition) is 6.